The highest BCUT2D eigenvalue weighted by atomic mass is 35.5. The number of benzene rings is 1. The molecule has 1 amide bonds. The van der Waals surface area contributed by atoms with E-state index in [4.69, 9.17) is 32.9 Å². The van der Waals surface area contributed by atoms with Gasteiger partial charge in [0.15, 0.2) is 6.29 Å². The molecule has 0 aliphatic carbocycles. The highest BCUT2D eigenvalue weighted by Crippen LogP contribution is 2.39. The van der Waals surface area contributed by atoms with E-state index in [1.54, 1.807) is 6.07 Å². The Morgan fingerprint density at radius 3 is 2.80 bits per heavy atom. The molecule has 1 fully saturated rings. The Kier molecular flexibility index (Phi) is 4.91. The lowest BCUT2D eigenvalue weighted by Crippen LogP contribution is -2.47. The Balaban J connectivity index is 2.38. The zero-order valence-corrected chi connectivity index (χ0v) is 12.9. The van der Waals surface area contributed by atoms with Gasteiger partial charge in [-0.25, -0.2) is 0 Å². The Morgan fingerprint density at radius 1 is 1.50 bits per heavy atom. The first kappa shape index (κ1) is 15.6. The van der Waals surface area contributed by atoms with E-state index in [9.17, 15) is 4.79 Å². The molecule has 2 rings (SSSR count). The van der Waals surface area contributed by atoms with E-state index in [0.29, 0.717) is 18.1 Å². The van der Waals surface area contributed by atoms with Gasteiger partial charge in [0.05, 0.1) is 13.2 Å². The van der Waals surface area contributed by atoms with Crippen molar-refractivity contribution >= 4 is 29.3 Å². The molecule has 1 aromatic carbocycles. The zero-order chi connectivity index (χ0) is 14.8. The molecule has 0 aromatic heterocycles. The minimum absolute atomic E-state index is 0.224. The maximum atomic E-state index is 11.4. The van der Waals surface area contributed by atoms with E-state index in [0.717, 1.165) is 9.98 Å². The summed E-state index contributed by atoms with van der Waals surface area (Å²) >= 11 is 12.3. The van der Waals surface area contributed by atoms with Crippen LogP contribution in [0.2, 0.25) is 5.02 Å². The van der Waals surface area contributed by atoms with Crippen molar-refractivity contribution in [2.45, 2.75) is 32.2 Å². The third-order valence-electron chi connectivity index (χ3n) is 3.35. The molecule has 4 nitrogen and oxygen atoms in total. The van der Waals surface area contributed by atoms with E-state index >= 15 is 0 Å². The topological polar surface area (TPSA) is 38.8 Å². The van der Waals surface area contributed by atoms with Crippen LogP contribution in [0.15, 0.2) is 24.3 Å². The zero-order valence-electron chi connectivity index (χ0n) is 11.4. The number of carbonyl (C=O) groups excluding carboxylic acids is 1. The van der Waals surface area contributed by atoms with Gasteiger partial charge in [-0.2, -0.15) is 0 Å². The fourth-order valence-corrected chi connectivity index (χ4v) is 2.87. The molecular formula is C14H17Cl2NO3. The van der Waals surface area contributed by atoms with Crippen LogP contribution in [0.4, 0.5) is 0 Å². The molecular weight excluding hydrogens is 301 g/mol. The first-order chi connectivity index (χ1) is 9.44. The summed E-state index contributed by atoms with van der Waals surface area (Å²) in [7, 11) is 0. The summed E-state index contributed by atoms with van der Waals surface area (Å²) < 4.78 is 12.5. The van der Waals surface area contributed by atoms with E-state index < -0.39 is 5.60 Å². The SMILES string of the molecule is CC(=O)N(Cl)CC1(c2ccccc2Cl)CCOC(C)O1. The number of ether oxygens (including phenoxy) is 2. The molecule has 110 valence electrons. The predicted octanol–water partition coefficient (Wildman–Crippen LogP) is 3.32. The van der Waals surface area contributed by atoms with Crippen LogP contribution in [0.3, 0.4) is 0 Å². The van der Waals surface area contributed by atoms with Crippen LogP contribution < -0.4 is 0 Å². The van der Waals surface area contributed by atoms with Gasteiger partial charge < -0.3 is 9.47 Å². The Bertz CT molecular complexity index is 497. The molecule has 1 aliphatic rings. The van der Waals surface area contributed by atoms with Crippen LogP contribution >= 0.6 is 23.4 Å². The number of amides is 1. The largest absolute Gasteiger partial charge is 0.353 e. The number of halogens is 2. The summed E-state index contributed by atoms with van der Waals surface area (Å²) in [6, 6.07) is 7.43. The van der Waals surface area contributed by atoms with Crippen molar-refractivity contribution in [2.24, 2.45) is 0 Å². The van der Waals surface area contributed by atoms with Crippen molar-refractivity contribution in [1.29, 1.82) is 0 Å². The lowest BCUT2D eigenvalue weighted by atomic mass is 9.89. The van der Waals surface area contributed by atoms with E-state index in [1.807, 2.05) is 25.1 Å². The maximum absolute atomic E-state index is 11.4. The van der Waals surface area contributed by atoms with Crippen molar-refractivity contribution in [1.82, 2.24) is 4.42 Å². The highest BCUT2D eigenvalue weighted by Gasteiger charge is 2.41. The molecule has 0 bridgehead atoms. The molecule has 2 unspecified atom stereocenters. The summed E-state index contributed by atoms with van der Waals surface area (Å²) in [5.41, 5.74) is 0.0763. The molecule has 1 aliphatic heterocycles. The molecule has 0 radical (unpaired) electrons. The average Bonchev–Trinajstić information content (AvgIpc) is 2.38. The molecule has 1 aromatic rings. The van der Waals surface area contributed by atoms with Crippen molar-refractivity contribution in [3.63, 3.8) is 0 Å². The number of hydrogen-bond donors (Lipinski definition) is 0. The van der Waals surface area contributed by atoms with Gasteiger partial charge in [-0.05, 0) is 13.0 Å². The monoisotopic (exact) mass is 317 g/mol. The standard InChI is InChI=1S/C14H17Cl2NO3/c1-10(18)17(16)9-14(7-8-19-11(2)20-14)12-5-3-4-6-13(12)15/h3-6,11H,7-9H2,1-2H3. The van der Waals surface area contributed by atoms with Gasteiger partial charge >= 0.3 is 0 Å². The Labute approximate surface area is 128 Å². The highest BCUT2D eigenvalue weighted by molar-refractivity contribution is 6.31. The first-order valence-corrected chi connectivity index (χ1v) is 7.14. The van der Waals surface area contributed by atoms with Crippen LogP contribution in [0.25, 0.3) is 0 Å². The summed E-state index contributed by atoms with van der Waals surface area (Å²) in [5, 5.41) is 0.593. The molecule has 1 heterocycles. The van der Waals surface area contributed by atoms with Gasteiger partial charge in [0.25, 0.3) is 0 Å². The lowest BCUT2D eigenvalue weighted by molar-refractivity contribution is -0.255. The van der Waals surface area contributed by atoms with E-state index in [-0.39, 0.29) is 18.7 Å². The molecule has 0 saturated carbocycles. The number of carbonyl (C=O) groups is 1. The summed E-state index contributed by atoms with van der Waals surface area (Å²) in [5.74, 6) is -0.235. The van der Waals surface area contributed by atoms with E-state index in [2.05, 4.69) is 0 Å². The van der Waals surface area contributed by atoms with Crippen LogP contribution in [0.5, 0.6) is 0 Å². The minimum atomic E-state index is -0.747. The average molecular weight is 318 g/mol. The van der Waals surface area contributed by atoms with E-state index in [1.165, 1.54) is 6.92 Å². The van der Waals surface area contributed by atoms with Gasteiger partial charge in [-0.15, -0.1) is 0 Å². The van der Waals surface area contributed by atoms with Crippen LogP contribution in [0, 0.1) is 0 Å². The Morgan fingerprint density at radius 2 is 2.20 bits per heavy atom. The van der Waals surface area contributed by atoms with Gasteiger partial charge in [0.1, 0.15) is 5.60 Å². The first-order valence-electron chi connectivity index (χ1n) is 6.43. The number of hydrogen-bond acceptors (Lipinski definition) is 3. The van der Waals surface area contributed by atoms with Gasteiger partial charge in [-0.3, -0.25) is 9.21 Å². The summed E-state index contributed by atoms with van der Waals surface area (Å²) in [6.07, 6.45) is 0.203. The second-order valence-electron chi connectivity index (χ2n) is 4.82. The second kappa shape index (κ2) is 6.31. The molecule has 6 heteroatoms. The quantitative estimate of drug-likeness (QED) is 0.803. The Hall–Kier alpha value is -0.810. The number of rotatable bonds is 3. The summed E-state index contributed by atoms with van der Waals surface area (Å²) in [4.78, 5) is 11.4. The van der Waals surface area contributed by atoms with Crippen molar-refractivity contribution in [3.8, 4) is 0 Å². The van der Waals surface area contributed by atoms with Crippen LogP contribution in [-0.4, -0.2) is 29.8 Å². The second-order valence-corrected chi connectivity index (χ2v) is 5.63. The van der Waals surface area contributed by atoms with Crippen molar-refractivity contribution < 1.29 is 14.3 Å². The van der Waals surface area contributed by atoms with Gasteiger partial charge in [0.2, 0.25) is 5.91 Å². The van der Waals surface area contributed by atoms with Crippen molar-refractivity contribution in [3.05, 3.63) is 34.9 Å². The molecule has 2 atom stereocenters. The third-order valence-corrected chi connectivity index (χ3v) is 4.04. The van der Waals surface area contributed by atoms with Gasteiger partial charge in [0, 0.05) is 35.7 Å². The molecule has 20 heavy (non-hydrogen) atoms. The van der Waals surface area contributed by atoms with Gasteiger partial charge in [-0.1, -0.05) is 29.8 Å². The molecule has 0 spiro atoms. The number of nitrogens with zero attached hydrogens (tertiary/aromatic N) is 1. The normalized spacial score (nSPS) is 26.3. The van der Waals surface area contributed by atoms with Crippen molar-refractivity contribution in [2.75, 3.05) is 13.2 Å². The smallest absolute Gasteiger partial charge is 0.233 e. The third kappa shape index (κ3) is 3.26. The predicted molar refractivity (Wildman–Crippen MR) is 77.5 cm³/mol. The van der Waals surface area contributed by atoms with Crippen LogP contribution in [0.1, 0.15) is 25.8 Å². The summed E-state index contributed by atoms with van der Waals surface area (Å²) in [6.45, 7) is 3.98. The fraction of sp³-hybridized carbons (Fsp3) is 0.500. The maximum Gasteiger partial charge on any atom is 0.233 e. The van der Waals surface area contributed by atoms with Crippen LogP contribution in [-0.2, 0) is 19.9 Å². The fourth-order valence-electron chi connectivity index (χ4n) is 2.37. The minimum Gasteiger partial charge on any atom is -0.353 e. The molecule has 0 N–H and O–H groups in total. The molecule has 1 saturated heterocycles. The lowest BCUT2D eigenvalue weighted by Gasteiger charge is -2.42.